The van der Waals surface area contributed by atoms with Crippen molar-refractivity contribution in [2.45, 2.75) is 26.4 Å². The fourth-order valence-electron chi connectivity index (χ4n) is 1.39. The quantitative estimate of drug-likeness (QED) is 0.515. The Morgan fingerprint density at radius 3 is 2.76 bits per heavy atom. The molecular formula is C13H18O4. The lowest BCUT2D eigenvalue weighted by Crippen LogP contribution is -1.98. The number of ether oxygens (including phenoxy) is 3. The third-order valence-corrected chi connectivity index (χ3v) is 2.31. The van der Waals surface area contributed by atoms with Crippen LogP contribution in [0, 0.1) is 0 Å². The van der Waals surface area contributed by atoms with E-state index in [1.165, 1.54) is 7.11 Å². The summed E-state index contributed by atoms with van der Waals surface area (Å²) in [7, 11) is 1.54. The van der Waals surface area contributed by atoms with Crippen molar-refractivity contribution in [3.05, 3.63) is 23.8 Å². The Morgan fingerprint density at radius 1 is 1.29 bits per heavy atom. The molecule has 0 spiro atoms. The second kappa shape index (κ2) is 7.68. The molecule has 0 aliphatic rings. The van der Waals surface area contributed by atoms with Gasteiger partial charge in [-0.15, -0.1) is 0 Å². The summed E-state index contributed by atoms with van der Waals surface area (Å²) in [6, 6.07) is 5.36. The lowest BCUT2D eigenvalue weighted by molar-refractivity contribution is -0.120. The van der Waals surface area contributed by atoms with Gasteiger partial charge in [0.25, 0.3) is 6.47 Å². The number of carbonyl (C=O) groups is 1. The van der Waals surface area contributed by atoms with Gasteiger partial charge < -0.3 is 14.2 Å². The van der Waals surface area contributed by atoms with E-state index in [1.54, 1.807) is 6.07 Å². The highest BCUT2D eigenvalue weighted by Crippen LogP contribution is 2.27. The van der Waals surface area contributed by atoms with Crippen LogP contribution in [0.25, 0.3) is 0 Å². The molecule has 0 saturated carbocycles. The van der Waals surface area contributed by atoms with Crippen molar-refractivity contribution >= 4 is 6.47 Å². The van der Waals surface area contributed by atoms with Gasteiger partial charge in [-0.1, -0.05) is 19.4 Å². The summed E-state index contributed by atoms with van der Waals surface area (Å²) in [5.41, 5.74) is 0.996. The summed E-state index contributed by atoms with van der Waals surface area (Å²) in [4.78, 5) is 10.3. The van der Waals surface area contributed by atoms with Crippen molar-refractivity contribution in [1.29, 1.82) is 0 Å². The monoisotopic (exact) mass is 238 g/mol. The highest BCUT2D eigenvalue weighted by atomic mass is 16.5. The molecule has 1 rings (SSSR count). The maximum atomic E-state index is 10.3. The molecule has 0 aliphatic heterocycles. The molecule has 0 saturated heterocycles. The average Bonchev–Trinajstić information content (AvgIpc) is 2.36. The summed E-state index contributed by atoms with van der Waals surface area (Å²) in [5.74, 6) is 0.952. The summed E-state index contributed by atoms with van der Waals surface area (Å²) < 4.78 is 15.4. The third-order valence-electron chi connectivity index (χ3n) is 2.31. The molecule has 0 bridgehead atoms. The van der Waals surface area contributed by atoms with Crippen LogP contribution in [-0.4, -0.2) is 20.2 Å². The van der Waals surface area contributed by atoms with Crippen LogP contribution in [0.2, 0.25) is 0 Å². The first-order valence-electron chi connectivity index (χ1n) is 5.66. The van der Waals surface area contributed by atoms with Crippen molar-refractivity contribution in [2.75, 3.05) is 13.7 Å². The van der Waals surface area contributed by atoms with Gasteiger partial charge >= 0.3 is 0 Å². The van der Waals surface area contributed by atoms with E-state index in [9.17, 15) is 4.79 Å². The molecule has 0 unspecified atom stereocenters. The fraction of sp³-hybridized carbons (Fsp3) is 0.462. The Labute approximate surface area is 101 Å². The van der Waals surface area contributed by atoms with Crippen molar-refractivity contribution in [3.8, 4) is 11.5 Å². The van der Waals surface area contributed by atoms with E-state index < -0.39 is 0 Å². The smallest absolute Gasteiger partial charge is 0.298 e. The molecular weight excluding hydrogens is 220 g/mol. The van der Waals surface area contributed by atoms with Gasteiger partial charge in [0.15, 0.2) is 11.5 Å². The van der Waals surface area contributed by atoms with Crippen LogP contribution in [-0.2, 0) is 16.1 Å². The Morgan fingerprint density at radius 2 is 2.12 bits per heavy atom. The molecule has 17 heavy (non-hydrogen) atoms. The van der Waals surface area contributed by atoms with Crippen LogP contribution in [0.4, 0.5) is 0 Å². The molecule has 0 heterocycles. The van der Waals surface area contributed by atoms with Crippen LogP contribution >= 0.6 is 0 Å². The average molecular weight is 238 g/mol. The van der Waals surface area contributed by atoms with E-state index >= 15 is 0 Å². The third kappa shape index (κ3) is 4.44. The predicted octanol–water partition coefficient (Wildman–Crippen LogP) is 2.55. The first-order valence-corrected chi connectivity index (χ1v) is 5.66. The fourth-order valence-corrected chi connectivity index (χ4v) is 1.39. The number of carbonyl (C=O) groups excluding carboxylic acids is 1. The molecule has 0 N–H and O–H groups in total. The van der Waals surface area contributed by atoms with Gasteiger partial charge in [0, 0.05) is 6.61 Å². The maximum Gasteiger partial charge on any atom is 0.298 e. The number of hydrogen-bond acceptors (Lipinski definition) is 4. The number of methoxy groups -OCH3 is 1. The summed E-state index contributed by atoms with van der Waals surface area (Å²) >= 11 is 0. The van der Waals surface area contributed by atoms with Crippen LogP contribution in [0.15, 0.2) is 18.2 Å². The van der Waals surface area contributed by atoms with E-state index in [2.05, 4.69) is 6.92 Å². The molecule has 1 aromatic rings. The van der Waals surface area contributed by atoms with Crippen LogP contribution in [0.1, 0.15) is 25.3 Å². The SMILES string of the molecule is CCCCOCc1ccc(OC=O)c(OC)c1. The Kier molecular flexibility index (Phi) is 6.10. The van der Waals surface area contributed by atoms with Gasteiger partial charge in [0.2, 0.25) is 0 Å². The van der Waals surface area contributed by atoms with Gasteiger partial charge in [-0.3, -0.25) is 4.79 Å². The Balaban J connectivity index is 2.59. The second-order valence-electron chi connectivity index (χ2n) is 3.61. The van der Waals surface area contributed by atoms with Gasteiger partial charge in [-0.25, -0.2) is 0 Å². The lowest BCUT2D eigenvalue weighted by atomic mass is 10.2. The summed E-state index contributed by atoms with van der Waals surface area (Å²) in [5, 5.41) is 0. The molecule has 0 radical (unpaired) electrons. The first-order chi connectivity index (χ1) is 8.31. The number of hydrogen-bond donors (Lipinski definition) is 0. The predicted molar refractivity (Wildman–Crippen MR) is 64.3 cm³/mol. The lowest BCUT2D eigenvalue weighted by Gasteiger charge is -2.09. The van der Waals surface area contributed by atoms with Gasteiger partial charge in [0.05, 0.1) is 13.7 Å². The molecule has 4 heteroatoms. The largest absolute Gasteiger partial charge is 0.493 e. The highest BCUT2D eigenvalue weighted by Gasteiger charge is 2.05. The van der Waals surface area contributed by atoms with Crippen molar-refractivity contribution < 1.29 is 19.0 Å². The molecule has 0 aliphatic carbocycles. The van der Waals surface area contributed by atoms with E-state index in [1.807, 2.05) is 12.1 Å². The highest BCUT2D eigenvalue weighted by molar-refractivity contribution is 5.51. The van der Waals surface area contributed by atoms with Gasteiger partial charge in [-0.05, 0) is 24.1 Å². The minimum Gasteiger partial charge on any atom is -0.493 e. The summed E-state index contributed by atoms with van der Waals surface area (Å²) in [6.07, 6.45) is 2.18. The minimum atomic E-state index is 0.384. The zero-order chi connectivity index (χ0) is 12.5. The summed E-state index contributed by atoms with van der Waals surface area (Å²) in [6.45, 7) is 3.80. The van der Waals surface area contributed by atoms with Gasteiger partial charge in [-0.2, -0.15) is 0 Å². The van der Waals surface area contributed by atoms with E-state index in [-0.39, 0.29) is 0 Å². The van der Waals surface area contributed by atoms with Gasteiger partial charge in [0.1, 0.15) is 0 Å². The zero-order valence-corrected chi connectivity index (χ0v) is 10.3. The van der Waals surface area contributed by atoms with E-state index in [0.717, 1.165) is 25.0 Å². The molecule has 0 amide bonds. The molecule has 0 fully saturated rings. The van der Waals surface area contributed by atoms with Crippen LogP contribution in [0.3, 0.4) is 0 Å². The standard InChI is InChI=1S/C13H18O4/c1-3-4-7-16-9-11-5-6-12(17-10-14)13(8-11)15-2/h5-6,8,10H,3-4,7,9H2,1-2H3. The molecule has 1 aromatic carbocycles. The normalized spacial score (nSPS) is 10.0. The Bertz CT molecular complexity index is 349. The topological polar surface area (TPSA) is 44.8 Å². The van der Waals surface area contributed by atoms with Crippen molar-refractivity contribution in [3.63, 3.8) is 0 Å². The van der Waals surface area contributed by atoms with Crippen molar-refractivity contribution in [2.24, 2.45) is 0 Å². The molecule has 0 aromatic heterocycles. The van der Waals surface area contributed by atoms with E-state index in [4.69, 9.17) is 14.2 Å². The number of unbranched alkanes of at least 4 members (excludes halogenated alkanes) is 1. The van der Waals surface area contributed by atoms with Crippen LogP contribution < -0.4 is 9.47 Å². The molecule has 0 atom stereocenters. The van der Waals surface area contributed by atoms with Crippen LogP contribution in [0.5, 0.6) is 11.5 Å². The van der Waals surface area contributed by atoms with Crippen molar-refractivity contribution in [1.82, 2.24) is 0 Å². The maximum absolute atomic E-state index is 10.3. The number of benzene rings is 1. The molecule has 4 nitrogen and oxygen atoms in total. The minimum absolute atomic E-state index is 0.384. The number of rotatable bonds is 8. The Hall–Kier alpha value is -1.55. The zero-order valence-electron chi connectivity index (χ0n) is 10.3. The van der Waals surface area contributed by atoms with E-state index in [0.29, 0.717) is 24.6 Å². The molecule has 94 valence electrons. The first kappa shape index (κ1) is 13.5. The second-order valence-corrected chi connectivity index (χ2v) is 3.61.